The van der Waals surface area contributed by atoms with E-state index < -0.39 is 15.8 Å². The Kier molecular flexibility index (Phi) is 7.22. The summed E-state index contributed by atoms with van der Waals surface area (Å²) in [5.74, 6) is 0.456. The average Bonchev–Trinajstić information content (AvgIpc) is 3.64. The number of hydrogen-bond acceptors (Lipinski definition) is 9. The normalized spacial score (nSPS) is 14.4. The van der Waals surface area contributed by atoms with E-state index in [0.29, 0.717) is 62.0 Å². The fourth-order valence-corrected chi connectivity index (χ4v) is 5.93. The van der Waals surface area contributed by atoms with E-state index in [4.69, 9.17) is 9.72 Å². The SMILES string of the molecule is CS(=O)(=O)NCc1cc(F)cc(-c2cncc3[nH]c(-c4n[nH]c5cnc(-c6cncc(OC7CCCCC7)n6)cc45)nc23)c1. The standard InChI is InChI=1S/C30H28FN9O3S/c1-44(41,42)35-11-17-7-18(9-19(31)8-17)22-12-32-14-26-28(22)38-30(37-26)29-21-10-23(34-15-24(21)39-40-29)25-13-33-16-27(36-25)43-20-5-3-2-4-6-20/h7-10,12-16,20,35H,2-6,11H2,1H3,(H,37,38)(H,39,40). The quantitative estimate of drug-likeness (QED) is 0.216. The van der Waals surface area contributed by atoms with Crippen LogP contribution in [0.5, 0.6) is 5.88 Å². The molecule has 5 heterocycles. The highest BCUT2D eigenvalue weighted by molar-refractivity contribution is 7.88. The number of sulfonamides is 1. The molecule has 1 saturated carbocycles. The summed E-state index contributed by atoms with van der Waals surface area (Å²) in [6.45, 7) is -0.0472. The third-order valence-corrected chi connectivity index (χ3v) is 8.26. The Morgan fingerprint density at radius 3 is 2.64 bits per heavy atom. The number of H-pyrrole nitrogens is 2. The Labute approximate surface area is 251 Å². The summed E-state index contributed by atoms with van der Waals surface area (Å²) in [5.41, 5.74) is 5.20. The lowest BCUT2D eigenvalue weighted by Gasteiger charge is -2.22. The van der Waals surface area contributed by atoms with Crippen molar-refractivity contribution >= 4 is 32.0 Å². The Bertz CT molecular complexity index is 2110. The number of nitrogens with zero attached hydrogens (tertiary/aromatic N) is 6. The maximum Gasteiger partial charge on any atom is 0.233 e. The summed E-state index contributed by atoms with van der Waals surface area (Å²) in [6.07, 6.45) is 15.0. The van der Waals surface area contributed by atoms with E-state index in [9.17, 15) is 12.8 Å². The minimum Gasteiger partial charge on any atom is -0.473 e. The lowest BCUT2D eigenvalue weighted by Crippen LogP contribution is -2.21. The molecular formula is C30H28FN9O3S. The molecule has 1 aromatic carbocycles. The molecule has 224 valence electrons. The average molecular weight is 614 g/mol. The van der Waals surface area contributed by atoms with Crippen LogP contribution in [0, 0.1) is 5.82 Å². The van der Waals surface area contributed by atoms with Gasteiger partial charge in [0.25, 0.3) is 0 Å². The first-order valence-corrected chi connectivity index (χ1v) is 16.1. The summed E-state index contributed by atoms with van der Waals surface area (Å²) in [6, 6.07) is 6.24. The van der Waals surface area contributed by atoms with Gasteiger partial charge in [-0.1, -0.05) is 6.42 Å². The molecule has 14 heteroatoms. The number of nitrogens with one attached hydrogen (secondary N) is 3. The Balaban J connectivity index is 1.23. The molecule has 3 N–H and O–H groups in total. The van der Waals surface area contributed by atoms with Crippen molar-refractivity contribution in [2.75, 3.05) is 6.26 Å². The molecule has 0 aliphatic heterocycles. The number of rotatable bonds is 8. The molecule has 0 radical (unpaired) electrons. The van der Waals surface area contributed by atoms with Crippen LogP contribution in [0.1, 0.15) is 37.7 Å². The van der Waals surface area contributed by atoms with Gasteiger partial charge in [0.2, 0.25) is 15.9 Å². The Morgan fingerprint density at radius 2 is 1.80 bits per heavy atom. The van der Waals surface area contributed by atoms with Crippen LogP contribution in [0.2, 0.25) is 0 Å². The number of halogens is 1. The maximum atomic E-state index is 14.6. The minimum atomic E-state index is -3.45. The maximum absolute atomic E-state index is 14.6. The van der Waals surface area contributed by atoms with Crippen LogP contribution < -0.4 is 9.46 Å². The summed E-state index contributed by atoms with van der Waals surface area (Å²) >= 11 is 0. The largest absolute Gasteiger partial charge is 0.473 e. The van der Waals surface area contributed by atoms with Gasteiger partial charge in [-0.25, -0.2) is 27.5 Å². The van der Waals surface area contributed by atoms with Crippen LogP contribution in [0.3, 0.4) is 0 Å². The number of pyridine rings is 2. The molecule has 44 heavy (non-hydrogen) atoms. The molecule has 0 amide bonds. The van der Waals surface area contributed by atoms with Gasteiger partial charge in [0.05, 0.1) is 53.3 Å². The topological polar surface area (TPSA) is 164 Å². The van der Waals surface area contributed by atoms with E-state index in [2.05, 4.69) is 39.8 Å². The van der Waals surface area contributed by atoms with Crippen molar-refractivity contribution in [2.24, 2.45) is 0 Å². The van der Waals surface area contributed by atoms with Crippen LogP contribution >= 0.6 is 0 Å². The molecule has 5 aromatic heterocycles. The van der Waals surface area contributed by atoms with E-state index in [1.165, 1.54) is 18.6 Å². The van der Waals surface area contributed by atoms with E-state index in [1.54, 1.807) is 37.1 Å². The number of hydrogen-bond donors (Lipinski definition) is 3. The lowest BCUT2D eigenvalue weighted by molar-refractivity contribution is 0.148. The zero-order valence-electron chi connectivity index (χ0n) is 23.7. The van der Waals surface area contributed by atoms with Crippen LogP contribution in [-0.2, 0) is 16.6 Å². The second-order valence-corrected chi connectivity index (χ2v) is 12.8. The molecule has 0 atom stereocenters. The number of benzene rings is 1. The second kappa shape index (κ2) is 11.4. The molecule has 6 aromatic rings. The van der Waals surface area contributed by atoms with Gasteiger partial charge >= 0.3 is 0 Å². The zero-order chi connectivity index (χ0) is 30.3. The van der Waals surface area contributed by atoms with Crippen LogP contribution in [0.4, 0.5) is 4.39 Å². The molecule has 12 nitrogen and oxygen atoms in total. The van der Waals surface area contributed by atoms with Gasteiger partial charge in [-0.05, 0) is 61.1 Å². The van der Waals surface area contributed by atoms with Crippen molar-refractivity contribution in [1.82, 2.24) is 44.8 Å². The summed E-state index contributed by atoms with van der Waals surface area (Å²) in [4.78, 5) is 26.0. The van der Waals surface area contributed by atoms with Gasteiger partial charge in [-0.15, -0.1) is 0 Å². The van der Waals surface area contributed by atoms with Gasteiger partial charge in [0, 0.05) is 23.7 Å². The summed E-state index contributed by atoms with van der Waals surface area (Å²) in [5, 5.41) is 8.28. The molecular weight excluding hydrogens is 585 g/mol. The predicted molar refractivity (Wildman–Crippen MR) is 162 cm³/mol. The first kappa shape index (κ1) is 28.0. The van der Waals surface area contributed by atoms with Crippen molar-refractivity contribution in [2.45, 2.75) is 44.8 Å². The zero-order valence-corrected chi connectivity index (χ0v) is 24.5. The Morgan fingerprint density at radius 1 is 0.955 bits per heavy atom. The van der Waals surface area contributed by atoms with Crippen molar-refractivity contribution in [3.8, 4) is 39.9 Å². The smallest absolute Gasteiger partial charge is 0.233 e. The van der Waals surface area contributed by atoms with Crippen molar-refractivity contribution in [3.63, 3.8) is 0 Å². The molecule has 7 rings (SSSR count). The van der Waals surface area contributed by atoms with E-state index in [1.807, 2.05) is 6.07 Å². The summed E-state index contributed by atoms with van der Waals surface area (Å²) < 4.78 is 46.2. The number of aromatic nitrogens is 8. The number of fused-ring (bicyclic) bond motifs is 2. The molecule has 0 spiro atoms. The molecule has 1 aliphatic rings. The molecule has 0 unspecified atom stereocenters. The highest BCUT2D eigenvalue weighted by Gasteiger charge is 2.19. The number of imidazole rings is 1. The fraction of sp³-hybridized carbons (Fsp3) is 0.267. The van der Waals surface area contributed by atoms with Crippen LogP contribution in [0.15, 0.2) is 55.2 Å². The van der Waals surface area contributed by atoms with Crippen LogP contribution in [0.25, 0.3) is 56.0 Å². The number of ether oxygens (including phenoxy) is 1. The first-order chi connectivity index (χ1) is 21.3. The Hall–Kier alpha value is -4.82. The third-order valence-electron chi connectivity index (χ3n) is 7.59. The highest BCUT2D eigenvalue weighted by atomic mass is 32.2. The molecule has 1 aliphatic carbocycles. The molecule has 0 saturated heterocycles. The number of aromatic amines is 2. The third kappa shape index (κ3) is 5.85. The van der Waals surface area contributed by atoms with E-state index in [-0.39, 0.29) is 12.6 Å². The van der Waals surface area contributed by atoms with E-state index >= 15 is 0 Å². The molecule has 1 fully saturated rings. The second-order valence-electron chi connectivity index (χ2n) is 10.9. The fourth-order valence-electron chi connectivity index (χ4n) is 5.50. The van der Waals surface area contributed by atoms with Crippen molar-refractivity contribution in [1.29, 1.82) is 0 Å². The highest BCUT2D eigenvalue weighted by Crippen LogP contribution is 2.33. The van der Waals surface area contributed by atoms with E-state index in [0.717, 1.165) is 37.3 Å². The van der Waals surface area contributed by atoms with Gasteiger partial charge in [0.15, 0.2) is 5.82 Å². The van der Waals surface area contributed by atoms with Gasteiger partial charge < -0.3 is 9.72 Å². The van der Waals surface area contributed by atoms with Gasteiger partial charge in [0.1, 0.15) is 23.3 Å². The monoisotopic (exact) mass is 613 g/mol. The van der Waals surface area contributed by atoms with Crippen LogP contribution in [-0.4, -0.2) is 60.9 Å². The van der Waals surface area contributed by atoms with Crippen molar-refractivity contribution in [3.05, 3.63) is 66.6 Å². The van der Waals surface area contributed by atoms with Gasteiger partial charge in [-0.2, -0.15) is 5.10 Å². The van der Waals surface area contributed by atoms with Gasteiger partial charge in [-0.3, -0.25) is 20.1 Å². The predicted octanol–water partition coefficient (Wildman–Crippen LogP) is 4.92. The summed E-state index contributed by atoms with van der Waals surface area (Å²) in [7, 11) is -3.45. The minimum absolute atomic E-state index is 0.0472. The molecule has 0 bridgehead atoms. The lowest BCUT2D eigenvalue weighted by atomic mass is 9.98. The first-order valence-electron chi connectivity index (χ1n) is 14.2. The van der Waals surface area contributed by atoms with Crippen molar-refractivity contribution < 1.29 is 17.5 Å².